The van der Waals surface area contributed by atoms with E-state index in [2.05, 4.69) is 6.92 Å². The van der Waals surface area contributed by atoms with Crippen LogP contribution in [0.4, 0.5) is 0 Å². The number of hydrogen-bond donors (Lipinski definition) is 1. The average molecular weight is 355 g/mol. The van der Waals surface area contributed by atoms with Crippen LogP contribution < -0.4 is 0 Å². The van der Waals surface area contributed by atoms with Crippen LogP contribution in [0.3, 0.4) is 0 Å². The summed E-state index contributed by atoms with van der Waals surface area (Å²) in [7, 11) is 3.49. The lowest BCUT2D eigenvalue weighted by molar-refractivity contribution is -0.368. The standard InChI is InChI=1S/C19H33NO5/c1-12-14-7-5-6-13-8-10-19(2,22)25-18(16(13)14)24-17(12)23-11-9-15(21)20(3)4/h12-14,16-18,22H,5-11H2,1-4H3. The number of rotatable bonds is 4. The van der Waals surface area contributed by atoms with E-state index < -0.39 is 12.1 Å². The van der Waals surface area contributed by atoms with E-state index in [0.717, 1.165) is 12.8 Å². The van der Waals surface area contributed by atoms with Gasteiger partial charge >= 0.3 is 0 Å². The maximum Gasteiger partial charge on any atom is 0.224 e. The highest BCUT2D eigenvalue weighted by atomic mass is 16.8. The molecule has 2 heterocycles. The van der Waals surface area contributed by atoms with E-state index in [4.69, 9.17) is 14.2 Å². The fourth-order valence-corrected chi connectivity index (χ4v) is 4.82. The van der Waals surface area contributed by atoms with Crippen LogP contribution in [0.1, 0.15) is 52.4 Å². The molecule has 0 bridgehead atoms. The van der Waals surface area contributed by atoms with Gasteiger partial charge in [-0.15, -0.1) is 0 Å². The first-order valence-electron chi connectivity index (χ1n) is 9.66. The Morgan fingerprint density at radius 3 is 2.80 bits per heavy atom. The number of nitrogens with zero attached hydrogens (tertiary/aromatic N) is 1. The maximum atomic E-state index is 11.7. The fourth-order valence-electron chi connectivity index (χ4n) is 4.82. The third kappa shape index (κ3) is 4.18. The lowest BCUT2D eigenvalue weighted by atomic mass is 9.65. The summed E-state index contributed by atoms with van der Waals surface area (Å²) in [5.74, 6) is 0.551. The smallest absolute Gasteiger partial charge is 0.224 e. The van der Waals surface area contributed by atoms with Gasteiger partial charge in [-0.2, -0.15) is 0 Å². The molecule has 0 spiro atoms. The van der Waals surface area contributed by atoms with E-state index >= 15 is 0 Å². The van der Waals surface area contributed by atoms with Crippen LogP contribution in [0.15, 0.2) is 0 Å². The van der Waals surface area contributed by atoms with E-state index in [-0.39, 0.29) is 18.1 Å². The Bertz CT molecular complexity index is 480. The Morgan fingerprint density at radius 1 is 1.32 bits per heavy atom. The monoisotopic (exact) mass is 355 g/mol. The lowest BCUT2D eigenvalue weighted by Crippen LogP contribution is -2.53. The molecule has 0 aromatic rings. The summed E-state index contributed by atoms with van der Waals surface area (Å²) in [4.78, 5) is 13.3. The lowest BCUT2D eigenvalue weighted by Gasteiger charge is -2.50. The minimum Gasteiger partial charge on any atom is -0.366 e. The Labute approximate surface area is 150 Å². The van der Waals surface area contributed by atoms with E-state index in [9.17, 15) is 9.90 Å². The molecule has 0 aromatic carbocycles. The van der Waals surface area contributed by atoms with Crippen molar-refractivity contribution in [2.45, 2.75) is 70.7 Å². The Morgan fingerprint density at radius 2 is 2.08 bits per heavy atom. The van der Waals surface area contributed by atoms with Gasteiger partial charge in [-0.1, -0.05) is 13.3 Å². The Kier molecular flexibility index (Phi) is 5.73. The second-order valence-electron chi connectivity index (χ2n) is 8.40. The quantitative estimate of drug-likeness (QED) is 0.838. The molecule has 1 amide bonds. The summed E-state index contributed by atoms with van der Waals surface area (Å²) in [5, 5.41) is 10.5. The van der Waals surface area contributed by atoms with Crippen LogP contribution in [0.2, 0.25) is 0 Å². The normalized spacial score (nSPS) is 43.9. The molecule has 7 unspecified atom stereocenters. The van der Waals surface area contributed by atoms with E-state index in [1.807, 2.05) is 0 Å². The number of amides is 1. The SMILES string of the molecule is CC1C(OCCC(=O)N(C)C)OC2OC(C)(O)CCC3CCCC1C32. The molecule has 2 aliphatic heterocycles. The van der Waals surface area contributed by atoms with Crippen LogP contribution in [0, 0.1) is 23.7 Å². The molecule has 0 aromatic heterocycles. The van der Waals surface area contributed by atoms with Crippen LogP contribution in [-0.2, 0) is 19.0 Å². The molecule has 3 fully saturated rings. The van der Waals surface area contributed by atoms with E-state index in [0.29, 0.717) is 37.2 Å². The van der Waals surface area contributed by atoms with Gasteiger partial charge in [0.25, 0.3) is 0 Å². The highest BCUT2D eigenvalue weighted by Crippen LogP contribution is 2.51. The summed E-state index contributed by atoms with van der Waals surface area (Å²) in [6, 6.07) is 0. The van der Waals surface area contributed by atoms with Crippen LogP contribution in [-0.4, -0.2) is 55.0 Å². The molecule has 6 nitrogen and oxygen atoms in total. The van der Waals surface area contributed by atoms with Gasteiger partial charge in [0.1, 0.15) is 0 Å². The molecule has 3 aliphatic rings. The summed E-state index contributed by atoms with van der Waals surface area (Å²) < 4.78 is 18.1. The van der Waals surface area contributed by atoms with Crippen LogP contribution >= 0.6 is 0 Å². The molecule has 3 rings (SSSR count). The van der Waals surface area contributed by atoms with Crippen molar-refractivity contribution in [3.8, 4) is 0 Å². The van der Waals surface area contributed by atoms with Crippen LogP contribution in [0.25, 0.3) is 0 Å². The van der Waals surface area contributed by atoms with Crippen molar-refractivity contribution < 1.29 is 24.1 Å². The summed E-state index contributed by atoms with van der Waals surface area (Å²) >= 11 is 0. The van der Waals surface area contributed by atoms with Crippen molar-refractivity contribution in [2.75, 3.05) is 20.7 Å². The van der Waals surface area contributed by atoms with Crippen LogP contribution in [0.5, 0.6) is 0 Å². The zero-order valence-electron chi connectivity index (χ0n) is 15.9. The highest BCUT2D eigenvalue weighted by Gasteiger charge is 2.52. The predicted molar refractivity (Wildman–Crippen MR) is 92.4 cm³/mol. The molecule has 25 heavy (non-hydrogen) atoms. The Hall–Kier alpha value is -0.690. The zero-order chi connectivity index (χ0) is 18.2. The van der Waals surface area contributed by atoms with Gasteiger partial charge in [-0.3, -0.25) is 4.79 Å². The minimum atomic E-state index is -1.14. The molecule has 7 atom stereocenters. The summed E-state index contributed by atoms with van der Waals surface area (Å²) in [5.41, 5.74) is 0. The van der Waals surface area contributed by atoms with Gasteiger partial charge in [0.15, 0.2) is 18.4 Å². The summed E-state index contributed by atoms with van der Waals surface area (Å²) in [6.45, 7) is 4.26. The molecular formula is C19H33NO5. The van der Waals surface area contributed by atoms with Gasteiger partial charge in [0, 0.05) is 32.4 Å². The van der Waals surface area contributed by atoms with Crippen molar-refractivity contribution in [1.82, 2.24) is 4.90 Å². The highest BCUT2D eigenvalue weighted by molar-refractivity contribution is 5.75. The third-order valence-corrected chi connectivity index (χ3v) is 6.28. The number of carbonyl (C=O) groups is 1. The van der Waals surface area contributed by atoms with Crippen molar-refractivity contribution in [3.63, 3.8) is 0 Å². The number of aliphatic hydroxyl groups is 1. The van der Waals surface area contributed by atoms with Gasteiger partial charge in [-0.05, 0) is 38.0 Å². The van der Waals surface area contributed by atoms with Crippen molar-refractivity contribution in [2.24, 2.45) is 23.7 Å². The first-order valence-corrected chi connectivity index (χ1v) is 9.66. The molecule has 6 heteroatoms. The van der Waals surface area contributed by atoms with E-state index in [1.54, 1.807) is 25.9 Å². The second-order valence-corrected chi connectivity index (χ2v) is 8.40. The molecule has 1 N–H and O–H groups in total. The third-order valence-electron chi connectivity index (χ3n) is 6.28. The zero-order valence-corrected chi connectivity index (χ0v) is 15.9. The number of carbonyl (C=O) groups excluding carboxylic acids is 1. The van der Waals surface area contributed by atoms with Gasteiger partial charge < -0.3 is 24.2 Å². The van der Waals surface area contributed by atoms with Crippen molar-refractivity contribution >= 4 is 5.91 Å². The first kappa shape index (κ1) is 19.1. The molecule has 1 aliphatic carbocycles. The van der Waals surface area contributed by atoms with Gasteiger partial charge in [-0.25, -0.2) is 0 Å². The molecule has 0 radical (unpaired) electrons. The number of hydrogen-bond acceptors (Lipinski definition) is 5. The molecular weight excluding hydrogens is 322 g/mol. The second kappa shape index (κ2) is 7.51. The maximum absolute atomic E-state index is 11.7. The fraction of sp³-hybridized carbons (Fsp3) is 0.947. The van der Waals surface area contributed by atoms with Gasteiger partial charge in [0.2, 0.25) is 5.91 Å². The van der Waals surface area contributed by atoms with Gasteiger partial charge in [0.05, 0.1) is 13.0 Å². The molecule has 144 valence electrons. The minimum absolute atomic E-state index is 0.0488. The average Bonchev–Trinajstić information content (AvgIpc) is 2.68. The topological polar surface area (TPSA) is 68.2 Å². The molecule has 1 saturated carbocycles. The molecule has 2 saturated heterocycles. The summed E-state index contributed by atoms with van der Waals surface area (Å²) in [6.07, 6.45) is 4.76. The number of ether oxygens (including phenoxy) is 3. The van der Waals surface area contributed by atoms with Crippen molar-refractivity contribution in [1.29, 1.82) is 0 Å². The Balaban J connectivity index is 1.68. The first-order chi connectivity index (χ1) is 11.8. The predicted octanol–water partition coefficient (Wildman–Crippen LogP) is 2.35. The van der Waals surface area contributed by atoms with E-state index in [1.165, 1.54) is 12.8 Å². The largest absolute Gasteiger partial charge is 0.366 e. The van der Waals surface area contributed by atoms with Crippen molar-refractivity contribution in [3.05, 3.63) is 0 Å².